The maximum absolute atomic E-state index is 11.0. The van der Waals surface area contributed by atoms with E-state index in [-0.39, 0.29) is 12.5 Å². The second kappa shape index (κ2) is 4.55. The molecule has 0 spiro atoms. The Kier molecular flexibility index (Phi) is 3.65. The van der Waals surface area contributed by atoms with Crippen molar-refractivity contribution in [2.75, 3.05) is 26.2 Å². The van der Waals surface area contributed by atoms with E-state index >= 15 is 0 Å². The van der Waals surface area contributed by atoms with Crippen molar-refractivity contribution in [3.8, 4) is 0 Å². The highest BCUT2D eigenvalue weighted by atomic mass is 16.5. The zero-order valence-electron chi connectivity index (χ0n) is 7.64. The number of nitrogens with zero attached hydrogens (tertiary/aromatic N) is 1. The summed E-state index contributed by atoms with van der Waals surface area (Å²) in [6, 6.07) is 0. The van der Waals surface area contributed by atoms with Crippen molar-refractivity contribution < 1.29 is 19.7 Å². The molecule has 0 aromatic carbocycles. The first-order valence-electron chi connectivity index (χ1n) is 4.37. The number of likely N-dealkylation sites (tertiary alicyclic amines) is 1. The highest BCUT2D eigenvalue weighted by Crippen LogP contribution is 2.09. The minimum absolute atomic E-state index is 0.141. The third-order valence-corrected chi connectivity index (χ3v) is 1.99. The molecule has 13 heavy (non-hydrogen) atoms. The van der Waals surface area contributed by atoms with E-state index < -0.39 is 12.2 Å². The predicted octanol–water partition coefficient (Wildman–Crippen LogP) is -1.41. The van der Waals surface area contributed by atoms with Gasteiger partial charge in [0.25, 0.3) is 0 Å². The molecule has 2 atom stereocenters. The first-order chi connectivity index (χ1) is 6.13. The average Bonchev–Trinajstić information content (AvgIpc) is 2.31. The number of carbonyl (C=O) groups excluding carboxylic acids is 1. The fourth-order valence-corrected chi connectivity index (χ4v) is 1.37. The Hall–Kier alpha value is -0.650. The van der Waals surface area contributed by atoms with Crippen molar-refractivity contribution in [2.24, 2.45) is 0 Å². The second-order valence-electron chi connectivity index (χ2n) is 3.13. The SMILES string of the molecule is CCOC(=O)CN1C[C@@H](O)[C@@H](O)C1. The standard InChI is InChI=1S/C8H15NO4/c1-2-13-8(12)5-9-3-6(10)7(11)4-9/h6-7,10-11H,2-5H2,1H3/t6-,7+. The lowest BCUT2D eigenvalue weighted by atomic mass is 10.3. The van der Waals surface area contributed by atoms with E-state index in [4.69, 9.17) is 14.9 Å². The molecule has 0 radical (unpaired) electrons. The summed E-state index contributed by atoms with van der Waals surface area (Å²) in [5, 5.41) is 18.3. The molecule has 5 nitrogen and oxygen atoms in total. The first-order valence-corrected chi connectivity index (χ1v) is 4.37. The summed E-state index contributed by atoms with van der Waals surface area (Å²) in [5.74, 6) is -0.316. The predicted molar refractivity (Wildman–Crippen MR) is 45.1 cm³/mol. The molecule has 1 fully saturated rings. The van der Waals surface area contributed by atoms with Crippen molar-refractivity contribution in [2.45, 2.75) is 19.1 Å². The number of aliphatic hydroxyl groups excluding tert-OH is 2. The lowest BCUT2D eigenvalue weighted by Gasteiger charge is -2.12. The number of hydrogen-bond donors (Lipinski definition) is 2. The minimum atomic E-state index is -0.741. The lowest BCUT2D eigenvalue weighted by molar-refractivity contribution is -0.144. The van der Waals surface area contributed by atoms with Crippen molar-refractivity contribution >= 4 is 5.97 Å². The van der Waals surface area contributed by atoms with Crippen molar-refractivity contribution in [3.05, 3.63) is 0 Å². The van der Waals surface area contributed by atoms with Gasteiger partial charge in [0.05, 0.1) is 25.4 Å². The van der Waals surface area contributed by atoms with Gasteiger partial charge in [-0.15, -0.1) is 0 Å². The van der Waals surface area contributed by atoms with Gasteiger partial charge >= 0.3 is 5.97 Å². The molecule has 1 heterocycles. The van der Waals surface area contributed by atoms with Crippen LogP contribution in [0.4, 0.5) is 0 Å². The molecule has 0 amide bonds. The lowest BCUT2D eigenvalue weighted by Crippen LogP contribution is -2.30. The van der Waals surface area contributed by atoms with Crippen LogP contribution in [0.5, 0.6) is 0 Å². The number of hydrogen-bond acceptors (Lipinski definition) is 5. The number of aliphatic hydroxyl groups is 2. The first kappa shape index (κ1) is 10.4. The van der Waals surface area contributed by atoms with Crippen LogP contribution in [0, 0.1) is 0 Å². The summed E-state index contributed by atoms with van der Waals surface area (Å²) in [4.78, 5) is 12.7. The van der Waals surface area contributed by atoms with Gasteiger partial charge < -0.3 is 14.9 Å². The monoisotopic (exact) mass is 189 g/mol. The number of carbonyl (C=O) groups is 1. The highest BCUT2D eigenvalue weighted by molar-refractivity contribution is 5.71. The molecule has 0 unspecified atom stereocenters. The van der Waals surface area contributed by atoms with E-state index in [0.717, 1.165) is 0 Å². The molecular formula is C8H15NO4. The maximum Gasteiger partial charge on any atom is 0.320 e. The molecule has 0 aromatic heterocycles. The highest BCUT2D eigenvalue weighted by Gasteiger charge is 2.30. The quantitative estimate of drug-likeness (QED) is 0.534. The Morgan fingerprint density at radius 1 is 1.46 bits per heavy atom. The smallest absolute Gasteiger partial charge is 0.320 e. The fourth-order valence-electron chi connectivity index (χ4n) is 1.37. The molecular weight excluding hydrogens is 174 g/mol. The number of rotatable bonds is 3. The summed E-state index contributed by atoms with van der Waals surface area (Å²) in [5.41, 5.74) is 0. The van der Waals surface area contributed by atoms with Gasteiger partial charge in [0, 0.05) is 13.1 Å². The summed E-state index contributed by atoms with van der Waals surface area (Å²) in [6.45, 7) is 2.91. The molecule has 5 heteroatoms. The summed E-state index contributed by atoms with van der Waals surface area (Å²) in [7, 11) is 0. The normalized spacial score (nSPS) is 29.2. The van der Waals surface area contributed by atoms with E-state index in [2.05, 4.69) is 0 Å². The molecule has 1 aliphatic heterocycles. The van der Waals surface area contributed by atoms with Gasteiger partial charge in [0.2, 0.25) is 0 Å². The van der Waals surface area contributed by atoms with E-state index in [1.54, 1.807) is 11.8 Å². The van der Waals surface area contributed by atoms with Crippen LogP contribution in [-0.2, 0) is 9.53 Å². The van der Waals surface area contributed by atoms with Crippen LogP contribution in [0.3, 0.4) is 0 Å². The molecule has 0 saturated carbocycles. The number of esters is 1. The van der Waals surface area contributed by atoms with Gasteiger partial charge in [-0.1, -0.05) is 0 Å². The molecule has 0 aliphatic carbocycles. The van der Waals surface area contributed by atoms with Crippen LogP contribution in [0.25, 0.3) is 0 Å². The number of ether oxygens (including phenoxy) is 1. The van der Waals surface area contributed by atoms with Gasteiger partial charge in [-0.2, -0.15) is 0 Å². The van der Waals surface area contributed by atoms with Crippen LogP contribution in [0.1, 0.15) is 6.92 Å². The van der Waals surface area contributed by atoms with Gasteiger partial charge in [0.1, 0.15) is 0 Å². The van der Waals surface area contributed by atoms with Gasteiger partial charge in [-0.05, 0) is 6.92 Å². The van der Waals surface area contributed by atoms with Crippen molar-refractivity contribution in [3.63, 3.8) is 0 Å². The van der Waals surface area contributed by atoms with E-state index in [1.165, 1.54) is 0 Å². The Labute approximate surface area is 76.9 Å². The average molecular weight is 189 g/mol. The van der Waals surface area contributed by atoms with Crippen LogP contribution in [0.2, 0.25) is 0 Å². The van der Waals surface area contributed by atoms with Crippen LogP contribution >= 0.6 is 0 Å². The molecule has 2 N–H and O–H groups in total. The van der Waals surface area contributed by atoms with Crippen LogP contribution in [-0.4, -0.2) is 59.5 Å². The third kappa shape index (κ3) is 2.95. The Bertz CT molecular complexity index is 175. The van der Waals surface area contributed by atoms with E-state index in [9.17, 15) is 4.79 Å². The topological polar surface area (TPSA) is 70.0 Å². The van der Waals surface area contributed by atoms with Crippen LogP contribution < -0.4 is 0 Å². The second-order valence-corrected chi connectivity index (χ2v) is 3.13. The summed E-state index contributed by atoms with van der Waals surface area (Å²) in [6.07, 6.45) is -1.48. The summed E-state index contributed by atoms with van der Waals surface area (Å²) < 4.78 is 4.73. The fraction of sp³-hybridized carbons (Fsp3) is 0.875. The number of β-amino-alcohol motifs (C(OH)–C–C–N with tert-alkyl or cyclic N) is 2. The maximum atomic E-state index is 11.0. The molecule has 1 saturated heterocycles. The Morgan fingerprint density at radius 2 is 2.00 bits per heavy atom. The van der Waals surface area contributed by atoms with Gasteiger partial charge in [-0.3, -0.25) is 9.69 Å². The van der Waals surface area contributed by atoms with Crippen molar-refractivity contribution in [1.29, 1.82) is 0 Å². The Morgan fingerprint density at radius 3 is 2.46 bits per heavy atom. The molecule has 76 valence electrons. The molecule has 1 aliphatic rings. The molecule has 0 bridgehead atoms. The van der Waals surface area contributed by atoms with Gasteiger partial charge in [0.15, 0.2) is 0 Å². The zero-order chi connectivity index (χ0) is 9.84. The van der Waals surface area contributed by atoms with E-state index in [0.29, 0.717) is 19.7 Å². The molecule has 1 rings (SSSR count). The Balaban J connectivity index is 2.27. The molecule has 0 aromatic rings. The van der Waals surface area contributed by atoms with Crippen molar-refractivity contribution in [1.82, 2.24) is 4.90 Å². The van der Waals surface area contributed by atoms with Gasteiger partial charge in [-0.25, -0.2) is 0 Å². The zero-order valence-corrected chi connectivity index (χ0v) is 7.64. The largest absolute Gasteiger partial charge is 0.465 e. The van der Waals surface area contributed by atoms with E-state index in [1.807, 2.05) is 0 Å². The summed E-state index contributed by atoms with van der Waals surface area (Å²) >= 11 is 0. The third-order valence-electron chi connectivity index (χ3n) is 1.99. The minimum Gasteiger partial charge on any atom is -0.465 e. The van der Waals surface area contributed by atoms with Crippen LogP contribution in [0.15, 0.2) is 0 Å².